The van der Waals surface area contributed by atoms with Gasteiger partial charge in [0.15, 0.2) is 0 Å². The predicted molar refractivity (Wildman–Crippen MR) is 72.7 cm³/mol. The third-order valence-corrected chi connectivity index (χ3v) is 4.15. The molecule has 0 atom stereocenters. The van der Waals surface area contributed by atoms with Crippen molar-refractivity contribution >= 4 is 11.6 Å². The SMILES string of the molecule is O=C1CCc2ccc(F)cc2N1CC1CCNCC1. The summed E-state index contributed by atoms with van der Waals surface area (Å²) in [6.45, 7) is 2.77. The molecule has 1 N–H and O–H groups in total. The molecule has 2 aliphatic heterocycles. The first kappa shape index (κ1) is 12.6. The van der Waals surface area contributed by atoms with Gasteiger partial charge in [-0.15, -0.1) is 0 Å². The van der Waals surface area contributed by atoms with Crippen molar-refractivity contribution in [2.45, 2.75) is 25.7 Å². The van der Waals surface area contributed by atoms with Gasteiger partial charge < -0.3 is 10.2 Å². The van der Waals surface area contributed by atoms with E-state index in [0.29, 0.717) is 12.3 Å². The molecule has 0 saturated carbocycles. The summed E-state index contributed by atoms with van der Waals surface area (Å²) >= 11 is 0. The number of hydrogen-bond acceptors (Lipinski definition) is 2. The van der Waals surface area contributed by atoms with E-state index in [0.717, 1.165) is 50.1 Å². The molecule has 1 amide bonds. The number of nitrogens with zero attached hydrogens (tertiary/aromatic N) is 1. The Morgan fingerprint density at radius 1 is 1.26 bits per heavy atom. The molecule has 0 spiro atoms. The Morgan fingerprint density at radius 3 is 2.84 bits per heavy atom. The van der Waals surface area contributed by atoms with Gasteiger partial charge >= 0.3 is 0 Å². The lowest BCUT2D eigenvalue weighted by Crippen LogP contribution is -2.41. The topological polar surface area (TPSA) is 32.3 Å². The third-order valence-electron chi connectivity index (χ3n) is 4.15. The molecular formula is C15H19FN2O. The van der Waals surface area contributed by atoms with Gasteiger partial charge in [-0.1, -0.05) is 6.07 Å². The van der Waals surface area contributed by atoms with Crippen LogP contribution in [0.15, 0.2) is 18.2 Å². The second kappa shape index (κ2) is 5.29. The highest BCUT2D eigenvalue weighted by Crippen LogP contribution is 2.30. The second-order valence-electron chi connectivity index (χ2n) is 5.47. The molecule has 1 aromatic carbocycles. The smallest absolute Gasteiger partial charge is 0.227 e. The van der Waals surface area contributed by atoms with Gasteiger partial charge in [-0.25, -0.2) is 4.39 Å². The minimum absolute atomic E-state index is 0.136. The fraction of sp³-hybridized carbons (Fsp3) is 0.533. The van der Waals surface area contributed by atoms with E-state index in [9.17, 15) is 9.18 Å². The largest absolute Gasteiger partial charge is 0.317 e. The van der Waals surface area contributed by atoms with E-state index < -0.39 is 0 Å². The van der Waals surface area contributed by atoms with Crippen LogP contribution in [0.4, 0.5) is 10.1 Å². The first-order chi connectivity index (χ1) is 9.24. The fourth-order valence-electron chi connectivity index (χ4n) is 3.03. The number of piperidine rings is 1. The summed E-state index contributed by atoms with van der Waals surface area (Å²) in [5.41, 5.74) is 1.88. The van der Waals surface area contributed by atoms with Gasteiger partial charge in [-0.05, 0) is 56.0 Å². The summed E-state index contributed by atoms with van der Waals surface area (Å²) in [5.74, 6) is 0.403. The lowest BCUT2D eigenvalue weighted by atomic mass is 9.94. The Labute approximate surface area is 112 Å². The molecule has 1 saturated heterocycles. The van der Waals surface area contributed by atoms with E-state index in [-0.39, 0.29) is 11.7 Å². The van der Waals surface area contributed by atoms with Crippen molar-refractivity contribution in [3.8, 4) is 0 Å². The maximum Gasteiger partial charge on any atom is 0.227 e. The summed E-state index contributed by atoms with van der Waals surface area (Å²) in [4.78, 5) is 13.9. The molecule has 1 fully saturated rings. The van der Waals surface area contributed by atoms with Crippen LogP contribution in [-0.2, 0) is 11.2 Å². The zero-order chi connectivity index (χ0) is 13.2. The number of halogens is 1. The Kier molecular flexibility index (Phi) is 3.51. The molecule has 3 nitrogen and oxygen atoms in total. The maximum absolute atomic E-state index is 13.4. The number of amides is 1. The molecule has 2 heterocycles. The molecule has 1 aromatic rings. The minimum atomic E-state index is -0.260. The van der Waals surface area contributed by atoms with Crippen molar-refractivity contribution in [2.24, 2.45) is 5.92 Å². The Bertz CT molecular complexity index is 483. The first-order valence-corrected chi connectivity index (χ1v) is 7.03. The number of aryl methyl sites for hydroxylation is 1. The molecule has 4 heteroatoms. The molecule has 0 bridgehead atoms. The minimum Gasteiger partial charge on any atom is -0.317 e. The van der Waals surface area contributed by atoms with Gasteiger partial charge in [0.1, 0.15) is 5.82 Å². The van der Waals surface area contributed by atoms with Crippen molar-refractivity contribution in [3.05, 3.63) is 29.6 Å². The third kappa shape index (κ3) is 2.63. The van der Waals surface area contributed by atoms with Crippen LogP contribution in [-0.4, -0.2) is 25.5 Å². The van der Waals surface area contributed by atoms with Crippen LogP contribution in [0.2, 0.25) is 0 Å². The van der Waals surface area contributed by atoms with E-state index in [1.807, 2.05) is 6.07 Å². The van der Waals surface area contributed by atoms with E-state index in [1.54, 1.807) is 4.90 Å². The normalized spacial score (nSPS) is 20.5. The number of hydrogen-bond donors (Lipinski definition) is 1. The van der Waals surface area contributed by atoms with Gasteiger partial charge in [-0.2, -0.15) is 0 Å². The number of nitrogens with one attached hydrogen (secondary N) is 1. The van der Waals surface area contributed by atoms with Crippen molar-refractivity contribution in [3.63, 3.8) is 0 Å². The Hall–Kier alpha value is -1.42. The number of carbonyl (C=O) groups is 1. The van der Waals surface area contributed by atoms with Crippen LogP contribution in [0.3, 0.4) is 0 Å². The highest BCUT2D eigenvalue weighted by molar-refractivity contribution is 5.96. The fourth-order valence-corrected chi connectivity index (χ4v) is 3.03. The van der Waals surface area contributed by atoms with Crippen LogP contribution < -0.4 is 10.2 Å². The van der Waals surface area contributed by atoms with Gasteiger partial charge in [0, 0.05) is 18.7 Å². The molecule has 102 valence electrons. The molecule has 0 radical (unpaired) electrons. The molecule has 19 heavy (non-hydrogen) atoms. The van der Waals surface area contributed by atoms with Crippen LogP contribution in [0.5, 0.6) is 0 Å². The zero-order valence-corrected chi connectivity index (χ0v) is 11.0. The quantitative estimate of drug-likeness (QED) is 0.885. The molecular weight excluding hydrogens is 243 g/mol. The van der Waals surface area contributed by atoms with Crippen LogP contribution in [0.1, 0.15) is 24.8 Å². The highest BCUT2D eigenvalue weighted by Gasteiger charge is 2.27. The number of anilines is 1. The summed E-state index contributed by atoms with van der Waals surface area (Å²) in [7, 11) is 0. The standard InChI is InChI=1S/C15H19FN2O/c16-13-3-1-12-2-4-15(19)18(14(12)9-13)10-11-5-7-17-8-6-11/h1,3,9,11,17H,2,4-8,10H2. The van der Waals surface area contributed by atoms with Gasteiger partial charge in [0.2, 0.25) is 5.91 Å². The summed E-state index contributed by atoms with van der Waals surface area (Å²) in [5, 5.41) is 3.33. The first-order valence-electron chi connectivity index (χ1n) is 7.03. The average molecular weight is 262 g/mol. The Morgan fingerprint density at radius 2 is 2.05 bits per heavy atom. The summed E-state index contributed by atoms with van der Waals surface area (Å²) in [6, 6.07) is 4.80. The monoisotopic (exact) mass is 262 g/mol. The highest BCUT2D eigenvalue weighted by atomic mass is 19.1. The lowest BCUT2D eigenvalue weighted by molar-refractivity contribution is -0.119. The van der Waals surface area contributed by atoms with E-state index >= 15 is 0 Å². The molecule has 3 rings (SSSR count). The molecule has 0 aromatic heterocycles. The molecule has 0 unspecified atom stereocenters. The number of carbonyl (C=O) groups excluding carboxylic acids is 1. The average Bonchev–Trinajstić information content (AvgIpc) is 2.43. The van der Waals surface area contributed by atoms with E-state index in [1.165, 1.54) is 12.1 Å². The van der Waals surface area contributed by atoms with Crippen molar-refractivity contribution in [1.29, 1.82) is 0 Å². The predicted octanol–water partition coefficient (Wildman–Crippen LogP) is 2.10. The number of fused-ring (bicyclic) bond motifs is 1. The molecule has 2 aliphatic rings. The van der Waals surface area contributed by atoms with Gasteiger partial charge in [0.25, 0.3) is 0 Å². The molecule has 0 aliphatic carbocycles. The lowest BCUT2D eigenvalue weighted by Gasteiger charge is -2.34. The van der Waals surface area contributed by atoms with Gasteiger partial charge in [0.05, 0.1) is 0 Å². The van der Waals surface area contributed by atoms with Gasteiger partial charge in [-0.3, -0.25) is 4.79 Å². The van der Waals surface area contributed by atoms with E-state index in [4.69, 9.17) is 0 Å². The van der Waals surface area contributed by atoms with Crippen LogP contribution >= 0.6 is 0 Å². The second-order valence-corrected chi connectivity index (χ2v) is 5.47. The number of rotatable bonds is 2. The summed E-state index contributed by atoms with van der Waals surface area (Å²) < 4.78 is 13.4. The van der Waals surface area contributed by atoms with Crippen molar-refractivity contribution in [1.82, 2.24) is 5.32 Å². The van der Waals surface area contributed by atoms with Crippen molar-refractivity contribution < 1.29 is 9.18 Å². The van der Waals surface area contributed by atoms with Crippen LogP contribution in [0.25, 0.3) is 0 Å². The maximum atomic E-state index is 13.4. The summed E-state index contributed by atoms with van der Waals surface area (Å²) in [6.07, 6.45) is 3.46. The van der Waals surface area contributed by atoms with Crippen molar-refractivity contribution in [2.75, 3.05) is 24.5 Å². The number of benzene rings is 1. The van der Waals surface area contributed by atoms with E-state index in [2.05, 4.69) is 5.32 Å². The Balaban J connectivity index is 1.83. The van der Waals surface area contributed by atoms with Crippen LogP contribution in [0, 0.1) is 11.7 Å². The zero-order valence-electron chi connectivity index (χ0n) is 11.0.